The molecule has 0 aliphatic rings. The van der Waals surface area contributed by atoms with Crippen LogP contribution in [0.1, 0.15) is 10.5 Å². The Balaban J connectivity index is 1.46. The fourth-order valence-corrected chi connectivity index (χ4v) is 4.20. The van der Waals surface area contributed by atoms with E-state index in [0.717, 1.165) is 26.4 Å². The average Bonchev–Trinajstić information content (AvgIpc) is 3.31. The zero-order valence-corrected chi connectivity index (χ0v) is 16.6. The largest absolute Gasteiger partial charge is 0.457 e. The summed E-state index contributed by atoms with van der Waals surface area (Å²) in [6.07, 6.45) is 3.48. The molecule has 0 aliphatic heterocycles. The highest BCUT2D eigenvalue weighted by atomic mass is 32.1. The molecule has 6 nitrogen and oxygen atoms in total. The van der Waals surface area contributed by atoms with E-state index in [-0.39, 0.29) is 11.7 Å². The molecule has 3 aromatic heterocycles. The first-order valence-corrected chi connectivity index (χ1v) is 9.96. The molecule has 0 bridgehead atoms. The average molecular weight is 418 g/mol. The van der Waals surface area contributed by atoms with Gasteiger partial charge in [-0.15, -0.1) is 0 Å². The Labute approximate surface area is 174 Å². The van der Waals surface area contributed by atoms with Crippen molar-refractivity contribution in [3.63, 3.8) is 0 Å². The van der Waals surface area contributed by atoms with Crippen molar-refractivity contribution in [2.75, 3.05) is 7.05 Å². The predicted molar refractivity (Wildman–Crippen MR) is 114 cm³/mol. The minimum Gasteiger partial charge on any atom is -0.457 e. The number of halogens is 1. The third-order valence-corrected chi connectivity index (χ3v) is 5.65. The van der Waals surface area contributed by atoms with Gasteiger partial charge in [0, 0.05) is 37.1 Å². The van der Waals surface area contributed by atoms with Crippen LogP contribution in [0.3, 0.4) is 0 Å². The Hall–Kier alpha value is -3.78. The monoisotopic (exact) mass is 418 g/mol. The topological polar surface area (TPSA) is 68.5 Å². The Morgan fingerprint density at radius 3 is 2.70 bits per heavy atom. The molecule has 1 amide bonds. The first-order chi connectivity index (χ1) is 14.6. The molecule has 5 aromatic rings. The van der Waals surface area contributed by atoms with Crippen molar-refractivity contribution in [2.24, 2.45) is 0 Å². The second kappa shape index (κ2) is 7.23. The number of hydrogen-bond donors (Lipinski definition) is 1. The maximum Gasteiger partial charge on any atom is 0.269 e. The number of nitrogens with one attached hydrogen (secondary N) is 1. The van der Waals surface area contributed by atoms with Gasteiger partial charge < -0.3 is 10.1 Å². The number of carbonyl (C=O) groups is 1. The lowest BCUT2D eigenvalue weighted by Crippen LogP contribution is -2.18. The summed E-state index contributed by atoms with van der Waals surface area (Å²) in [5.41, 5.74) is 2.95. The summed E-state index contributed by atoms with van der Waals surface area (Å²) in [7, 11) is 1.56. The third-order valence-electron chi connectivity index (χ3n) is 4.63. The van der Waals surface area contributed by atoms with Crippen LogP contribution in [0.15, 0.2) is 67.0 Å². The SMILES string of the molecule is CNC(=O)c1cc(Oc2ccc3c(c2)sc2nc(-c4ccc(F)cc4)cn23)ccn1. The molecule has 0 saturated carbocycles. The fourth-order valence-electron chi connectivity index (χ4n) is 3.17. The van der Waals surface area contributed by atoms with Crippen LogP contribution in [0.25, 0.3) is 26.4 Å². The number of carbonyl (C=O) groups excluding carboxylic acids is 1. The Kier molecular flexibility index (Phi) is 4.40. The number of thiazole rings is 1. The van der Waals surface area contributed by atoms with Gasteiger partial charge in [-0.3, -0.25) is 14.2 Å². The molecule has 0 saturated heterocycles. The van der Waals surface area contributed by atoms with E-state index < -0.39 is 0 Å². The summed E-state index contributed by atoms with van der Waals surface area (Å²) in [4.78, 5) is 21.3. The van der Waals surface area contributed by atoms with Crippen molar-refractivity contribution in [3.8, 4) is 22.8 Å². The number of amides is 1. The highest BCUT2D eigenvalue weighted by Gasteiger charge is 2.12. The van der Waals surface area contributed by atoms with Crippen LogP contribution in [0, 0.1) is 5.82 Å². The van der Waals surface area contributed by atoms with Crippen molar-refractivity contribution in [1.29, 1.82) is 0 Å². The molecule has 30 heavy (non-hydrogen) atoms. The molecule has 0 atom stereocenters. The van der Waals surface area contributed by atoms with Crippen LogP contribution in [-0.4, -0.2) is 27.3 Å². The number of benzene rings is 2. The molecular formula is C22H15FN4O2S. The van der Waals surface area contributed by atoms with Gasteiger partial charge in [0.15, 0.2) is 4.96 Å². The second-order valence-electron chi connectivity index (χ2n) is 6.58. The quantitative estimate of drug-likeness (QED) is 0.451. The van der Waals surface area contributed by atoms with Gasteiger partial charge in [0.1, 0.15) is 23.0 Å². The maximum atomic E-state index is 13.2. The molecule has 148 valence electrons. The Bertz CT molecular complexity index is 1390. The highest BCUT2D eigenvalue weighted by molar-refractivity contribution is 7.23. The van der Waals surface area contributed by atoms with Crippen molar-refractivity contribution in [3.05, 3.63) is 78.5 Å². The fraction of sp³-hybridized carbons (Fsp3) is 0.0455. The minimum absolute atomic E-state index is 0.269. The summed E-state index contributed by atoms with van der Waals surface area (Å²) in [6.45, 7) is 0. The van der Waals surface area contributed by atoms with Gasteiger partial charge in [0.05, 0.1) is 15.9 Å². The lowest BCUT2D eigenvalue weighted by atomic mass is 10.2. The zero-order chi connectivity index (χ0) is 20.7. The van der Waals surface area contributed by atoms with Crippen LogP contribution in [0.2, 0.25) is 0 Å². The second-order valence-corrected chi connectivity index (χ2v) is 7.58. The first kappa shape index (κ1) is 18.3. The summed E-state index contributed by atoms with van der Waals surface area (Å²) < 4.78 is 22.1. The van der Waals surface area contributed by atoms with E-state index in [0.29, 0.717) is 17.2 Å². The van der Waals surface area contributed by atoms with Crippen LogP contribution >= 0.6 is 11.3 Å². The van der Waals surface area contributed by atoms with Crippen molar-refractivity contribution in [2.45, 2.75) is 0 Å². The van der Waals surface area contributed by atoms with E-state index in [2.05, 4.69) is 15.3 Å². The van der Waals surface area contributed by atoms with E-state index in [1.54, 1.807) is 31.3 Å². The van der Waals surface area contributed by atoms with Crippen LogP contribution in [0.4, 0.5) is 4.39 Å². The molecule has 1 N–H and O–H groups in total. The molecule has 0 unspecified atom stereocenters. The molecule has 8 heteroatoms. The Morgan fingerprint density at radius 2 is 1.90 bits per heavy atom. The van der Waals surface area contributed by atoms with Crippen LogP contribution in [0.5, 0.6) is 11.5 Å². The van der Waals surface area contributed by atoms with Gasteiger partial charge in [-0.2, -0.15) is 0 Å². The molecule has 5 rings (SSSR count). The first-order valence-electron chi connectivity index (χ1n) is 9.14. The number of imidazole rings is 1. The lowest BCUT2D eigenvalue weighted by Gasteiger charge is -2.07. The minimum atomic E-state index is -0.271. The van der Waals surface area contributed by atoms with Crippen molar-refractivity contribution >= 4 is 32.4 Å². The molecule has 2 aromatic carbocycles. The molecule has 0 radical (unpaired) electrons. The number of hydrogen-bond acceptors (Lipinski definition) is 5. The maximum absolute atomic E-state index is 13.2. The highest BCUT2D eigenvalue weighted by Crippen LogP contribution is 2.33. The van der Waals surface area contributed by atoms with Gasteiger partial charge in [0.2, 0.25) is 0 Å². The predicted octanol–water partition coefficient (Wildman–Crippen LogP) is 4.90. The van der Waals surface area contributed by atoms with E-state index in [9.17, 15) is 9.18 Å². The standard InChI is InChI=1S/C22H15FN4O2S/c1-24-21(28)17-10-16(8-9-25-17)29-15-6-7-19-20(11-15)30-22-26-18(12-27(19)22)13-2-4-14(23)5-3-13/h2-12H,1H3,(H,24,28). The number of fused-ring (bicyclic) bond motifs is 3. The third kappa shape index (κ3) is 3.27. The van der Waals surface area contributed by atoms with Gasteiger partial charge in [-0.05, 0) is 42.5 Å². The van der Waals surface area contributed by atoms with Gasteiger partial charge in [0.25, 0.3) is 5.91 Å². The molecule has 0 spiro atoms. The number of ether oxygens (including phenoxy) is 1. The van der Waals surface area contributed by atoms with E-state index in [1.165, 1.54) is 29.7 Å². The van der Waals surface area contributed by atoms with Crippen LogP contribution < -0.4 is 10.1 Å². The van der Waals surface area contributed by atoms with E-state index >= 15 is 0 Å². The number of pyridine rings is 1. The summed E-state index contributed by atoms with van der Waals surface area (Å²) in [5.74, 6) is 0.643. The summed E-state index contributed by atoms with van der Waals surface area (Å²) >= 11 is 1.54. The molecule has 0 aliphatic carbocycles. The van der Waals surface area contributed by atoms with Gasteiger partial charge in [-0.25, -0.2) is 9.37 Å². The van der Waals surface area contributed by atoms with Gasteiger partial charge >= 0.3 is 0 Å². The normalized spacial score (nSPS) is 11.1. The summed E-state index contributed by atoms with van der Waals surface area (Å²) in [5, 5.41) is 2.54. The number of aromatic nitrogens is 3. The van der Waals surface area contributed by atoms with Gasteiger partial charge in [-0.1, -0.05) is 11.3 Å². The lowest BCUT2D eigenvalue weighted by molar-refractivity contribution is 0.0958. The number of nitrogens with zero attached hydrogens (tertiary/aromatic N) is 3. The smallest absolute Gasteiger partial charge is 0.269 e. The van der Waals surface area contributed by atoms with Crippen LogP contribution in [-0.2, 0) is 0 Å². The van der Waals surface area contributed by atoms with Crippen molar-refractivity contribution in [1.82, 2.24) is 19.7 Å². The Morgan fingerprint density at radius 1 is 1.10 bits per heavy atom. The molecule has 0 fully saturated rings. The summed E-state index contributed by atoms with van der Waals surface area (Å²) in [6, 6.07) is 15.4. The molecular weight excluding hydrogens is 403 g/mol. The zero-order valence-electron chi connectivity index (χ0n) is 15.8. The van der Waals surface area contributed by atoms with E-state index in [4.69, 9.17) is 4.74 Å². The van der Waals surface area contributed by atoms with E-state index in [1.807, 2.05) is 28.8 Å². The van der Waals surface area contributed by atoms with Crippen molar-refractivity contribution < 1.29 is 13.9 Å². The number of rotatable bonds is 4. The molecule has 3 heterocycles.